The Morgan fingerprint density at radius 2 is 1.87 bits per heavy atom. The van der Waals surface area contributed by atoms with Crippen molar-refractivity contribution in [3.8, 4) is 0 Å². The summed E-state index contributed by atoms with van der Waals surface area (Å²) in [4.78, 5) is 23.4. The Balaban J connectivity index is 1.64. The Hall–Kier alpha value is -2.62. The molecule has 4 heteroatoms. The molecule has 0 aliphatic heterocycles. The molecule has 0 fully saturated rings. The molecule has 2 aromatic rings. The standard InChI is InChI=1S/C19H20N2O2/c1-13(22)21-18-7-3-6-17(11-18)19(23)20-12-14-8-9-15-4-2-5-16(15)10-14/h3,6-11H,2,4-5,12H2,1H3,(H,20,23)(H,21,22). The van der Waals surface area contributed by atoms with E-state index < -0.39 is 0 Å². The van der Waals surface area contributed by atoms with Gasteiger partial charge in [0.05, 0.1) is 0 Å². The quantitative estimate of drug-likeness (QED) is 0.912. The minimum absolute atomic E-state index is 0.141. The van der Waals surface area contributed by atoms with Gasteiger partial charge in [0.2, 0.25) is 5.91 Å². The predicted octanol–water partition coefficient (Wildman–Crippen LogP) is 3.06. The third-order valence-corrected chi connectivity index (χ3v) is 4.06. The van der Waals surface area contributed by atoms with E-state index in [1.165, 1.54) is 24.5 Å². The van der Waals surface area contributed by atoms with Gasteiger partial charge in [-0.05, 0) is 54.2 Å². The molecule has 0 heterocycles. The van der Waals surface area contributed by atoms with Crippen LogP contribution in [0.2, 0.25) is 0 Å². The zero-order chi connectivity index (χ0) is 16.2. The second kappa shape index (κ2) is 6.65. The number of anilines is 1. The lowest BCUT2D eigenvalue weighted by Gasteiger charge is -2.09. The number of amides is 2. The lowest BCUT2D eigenvalue weighted by Crippen LogP contribution is -2.23. The summed E-state index contributed by atoms with van der Waals surface area (Å²) in [6, 6.07) is 13.4. The van der Waals surface area contributed by atoms with E-state index in [2.05, 4.69) is 28.8 Å². The maximum atomic E-state index is 12.3. The third kappa shape index (κ3) is 3.77. The van der Waals surface area contributed by atoms with Gasteiger partial charge in [-0.3, -0.25) is 9.59 Å². The molecule has 0 bridgehead atoms. The number of rotatable bonds is 4. The third-order valence-electron chi connectivity index (χ3n) is 4.06. The first-order valence-corrected chi connectivity index (χ1v) is 7.88. The molecule has 2 N–H and O–H groups in total. The Bertz CT molecular complexity index is 753. The first-order chi connectivity index (χ1) is 11.1. The molecule has 0 saturated heterocycles. The summed E-state index contributed by atoms with van der Waals surface area (Å²) in [6.45, 7) is 1.96. The molecule has 0 aromatic heterocycles. The van der Waals surface area contributed by atoms with E-state index >= 15 is 0 Å². The van der Waals surface area contributed by atoms with Crippen molar-refractivity contribution in [3.63, 3.8) is 0 Å². The highest BCUT2D eigenvalue weighted by Gasteiger charge is 2.11. The summed E-state index contributed by atoms with van der Waals surface area (Å²) < 4.78 is 0. The Morgan fingerprint density at radius 1 is 1.04 bits per heavy atom. The van der Waals surface area contributed by atoms with E-state index in [0.29, 0.717) is 17.8 Å². The fourth-order valence-corrected chi connectivity index (χ4v) is 2.96. The zero-order valence-corrected chi connectivity index (χ0v) is 13.2. The highest BCUT2D eigenvalue weighted by Crippen LogP contribution is 2.22. The maximum Gasteiger partial charge on any atom is 0.251 e. The number of carbonyl (C=O) groups is 2. The highest BCUT2D eigenvalue weighted by molar-refractivity contribution is 5.96. The monoisotopic (exact) mass is 308 g/mol. The van der Waals surface area contributed by atoms with E-state index in [9.17, 15) is 9.59 Å². The van der Waals surface area contributed by atoms with Crippen LogP contribution in [0.4, 0.5) is 5.69 Å². The molecule has 0 atom stereocenters. The van der Waals surface area contributed by atoms with Crippen LogP contribution in [-0.4, -0.2) is 11.8 Å². The normalized spacial score (nSPS) is 12.6. The Morgan fingerprint density at radius 3 is 2.70 bits per heavy atom. The van der Waals surface area contributed by atoms with Crippen LogP contribution in [0.15, 0.2) is 42.5 Å². The van der Waals surface area contributed by atoms with E-state index in [1.807, 2.05) is 0 Å². The van der Waals surface area contributed by atoms with E-state index in [1.54, 1.807) is 24.3 Å². The molecule has 2 aromatic carbocycles. The summed E-state index contributed by atoms with van der Waals surface area (Å²) >= 11 is 0. The van der Waals surface area contributed by atoms with Gasteiger partial charge in [-0.2, -0.15) is 0 Å². The Kier molecular flexibility index (Phi) is 4.42. The van der Waals surface area contributed by atoms with Crippen LogP contribution in [-0.2, 0) is 24.2 Å². The molecule has 23 heavy (non-hydrogen) atoms. The van der Waals surface area contributed by atoms with Crippen molar-refractivity contribution in [3.05, 3.63) is 64.7 Å². The summed E-state index contributed by atoms with van der Waals surface area (Å²) in [5.74, 6) is -0.293. The number of nitrogens with one attached hydrogen (secondary N) is 2. The van der Waals surface area contributed by atoms with Crippen molar-refractivity contribution in [2.45, 2.75) is 32.7 Å². The van der Waals surface area contributed by atoms with Gasteiger partial charge in [-0.15, -0.1) is 0 Å². The van der Waals surface area contributed by atoms with Crippen molar-refractivity contribution < 1.29 is 9.59 Å². The van der Waals surface area contributed by atoms with E-state index in [0.717, 1.165) is 18.4 Å². The van der Waals surface area contributed by atoms with Crippen LogP contribution in [0.25, 0.3) is 0 Å². The van der Waals surface area contributed by atoms with Crippen LogP contribution < -0.4 is 10.6 Å². The lowest BCUT2D eigenvalue weighted by atomic mass is 10.1. The number of hydrogen-bond donors (Lipinski definition) is 2. The van der Waals surface area contributed by atoms with Gasteiger partial charge in [0.25, 0.3) is 5.91 Å². The van der Waals surface area contributed by atoms with Crippen molar-refractivity contribution in [2.24, 2.45) is 0 Å². The van der Waals surface area contributed by atoms with Crippen LogP contribution >= 0.6 is 0 Å². The van der Waals surface area contributed by atoms with Gasteiger partial charge in [-0.1, -0.05) is 24.3 Å². The first kappa shape index (κ1) is 15.3. The van der Waals surface area contributed by atoms with Crippen molar-refractivity contribution in [1.82, 2.24) is 5.32 Å². The predicted molar refractivity (Wildman–Crippen MR) is 90.4 cm³/mol. The van der Waals surface area contributed by atoms with Crippen LogP contribution in [0, 0.1) is 0 Å². The Labute approximate surface area is 135 Å². The number of carbonyl (C=O) groups excluding carboxylic acids is 2. The van der Waals surface area contributed by atoms with Crippen molar-refractivity contribution >= 4 is 17.5 Å². The number of aryl methyl sites for hydroxylation is 2. The SMILES string of the molecule is CC(=O)Nc1cccc(C(=O)NCc2ccc3c(c2)CCC3)c1. The average Bonchev–Trinajstić information content (AvgIpc) is 3.00. The molecule has 1 aliphatic rings. The highest BCUT2D eigenvalue weighted by atomic mass is 16.2. The van der Waals surface area contributed by atoms with Gasteiger partial charge in [0, 0.05) is 24.7 Å². The molecule has 0 radical (unpaired) electrons. The number of benzene rings is 2. The molecular weight excluding hydrogens is 288 g/mol. The largest absolute Gasteiger partial charge is 0.348 e. The molecule has 0 saturated carbocycles. The summed E-state index contributed by atoms with van der Waals surface area (Å²) in [5, 5.41) is 5.62. The second-order valence-electron chi connectivity index (χ2n) is 5.90. The number of fused-ring (bicyclic) bond motifs is 1. The summed E-state index contributed by atoms with van der Waals surface area (Å²) in [7, 11) is 0. The molecule has 4 nitrogen and oxygen atoms in total. The summed E-state index contributed by atoms with van der Waals surface area (Å²) in [6.07, 6.45) is 3.52. The molecule has 0 unspecified atom stereocenters. The van der Waals surface area contributed by atoms with Gasteiger partial charge in [-0.25, -0.2) is 0 Å². The van der Waals surface area contributed by atoms with Crippen molar-refractivity contribution in [2.75, 3.05) is 5.32 Å². The fraction of sp³-hybridized carbons (Fsp3) is 0.263. The first-order valence-electron chi connectivity index (χ1n) is 7.88. The van der Waals surface area contributed by atoms with Gasteiger partial charge in [0.15, 0.2) is 0 Å². The molecule has 118 valence electrons. The van der Waals surface area contributed by atoms with Crippen molar-refractivity contribution in [1.29, 1.82) is 0 Å². The molecular formula is C19H20N2O2. The van der Waals surface area contributed by atoms with Crippen LogP contribution in [0.1, 0.15) is 40.4 Å². The lowest BCUT2D eigenvalue weighted by molar-refractivity contribution is -0.114. The average molecular weight is 308 g/mol. The molecule has 0 spiro atoms. The molecule has 1 aliphatic carbocycles. The maximum absolute atomic E-state index is 12.3. The van der Waals surface area contributed by atoms with Crippen LogP contribution in [0.3, 0.4) is 0 Å². The summed E-state index contributed by atoms with van der Waals surface area (Å²) in [5.41, 5.74) is 5.13. The minimum Gasteiger partial charge on any atom is -0.348 e. The molecule has 2 amide bonds. The van der Waals surface area contributed by atoms with E-state index in [-0.39, 0.29) is 11.8 Å². The van der Waals surface area contributed by atoms with Gasteiger partial charge >= 0.3 is 0 Å². The smallest absolute Gasteiger partial charge is 0.251 e. The molecule has 3 rings (SSSR count). The van der Waals surface area contributed by atoms with Gasteiger partial charge in [0.1, 0.15) is 0 Å². The second-order valence-corrected chi connectivity index (χ2v) is 5.90. The number of hydrogen-bond acceptors (Lipinski definition) is 2. The van der Waals surface area contributed by atoms with Gasteiger partial charge < -0.3 is 10.6 Å². The topological polar surface area (TPSA) is 58.2 Å². The minimum atomic E-state index is -0.152. The fourth-order valence-electron chi connectivity index (χ4n) is 2.96. The van der Waals surface area contributed by atoms with E-state index in [4.69, 9.17) is 0 Å². The van der Waals surface area contributed by atoms with Crippen LogP contribution in [0.5, 0.6) is 0 Å². The zero-order valence-electron chi connectivity index (χ0n) is 13.2.